The fraction of sp³-hybridized carbons (Fsp3) is 0.429. The second-order valence-electron chi connectivity index (χ2n) is 5.81. The Kier molecular flexibility index (Phi) is 5.75. The zero-order chi connectivity index (χ0) is 18.8. The number of carboxylic acid groups (broad SMARTS) is 1. The van der Waals surface area contributed by atoms with Crippen LogP contribution in [0.25, 0.3) is 0 Å². The lowest BCUT2D eigenvalue weighted by Gasteiger charge is -2.25. The summed E-state index contributed by atoms with van der Waals surface area (Å²) in [4.78, 5) is 22.6. The first-order valence-electron chi connectivity index (χ1n) is 6.57. The summed E-state index contributed by atoms with van der Waals surface area (Å²) in [5, 5.41) is 8.12. The molecule has 0 aliphatic carbocycles. The molecule has 1 amide bonds. The highest BCUT2D eigenvalue weighted by atomic mass is 19.2. The van der Waals surface area contributed by atoms with Crippen LogP contribution in [0.3, 0.4) is 0 Å². The van der Waals surface area contributed by atoms with Gasteiger partial charge >= 0.3 is 12.1 Å². The normalized spacial score (nSPS) is 12.7. The number of aliphatic carboxylic acids is 1. The van der Waals surface area contributed by atoms with E-state index in [4.69, 9.17) is 5.11 Å². The van der Waals surface area contributed by atoms with Gasteiger partial charge in [-0.1, -0.05) is 4.48 Å². The van der Waals surface area contributed by atoms with Crippen LogP contribution < -0.4 is 0 Å². The second-order valence-corrected chi connectivity index (χ2v) is 5.81. The molecule has 0 saturated carbocycles. The highest BCUT2D eigenvalue weighted by Gasteiger charge is 2.35. The van der Waals surface area contributed by atoms with Crippen molar-refractivity contribution >= 4 is 12.1 Å². The number of ether oxygens (including phenoxy) is 1. The molecular weight excluding hydrogens is 341 g/mol. The smallest absolute Gasteiger partial charge is 0.439 e. The first-order chi connectivity index (χ1) is 10.8. The third-order valence-corrected chi connectivity index (χ3v) is 2.72. The Balaban J connectivity index is 3.12. The van der Waals surface area contributed by atoms with Gasteiger partial charge in [0.25, 0.3) is 0 Å². The third kappa shape index (κ3) is 4.56. The number of carboxylic acids is 1. The Morgan fingerprint density at radius 2 is 1.71 bits per heavy atom. The van der Waals surface area contributed by atoms with E-state index in [-0.39, 0.29) is 6.07 Å². The fourth-order valence-corrected chi connectivity index (χ4v) is 1.68. The second kappa shape index (κ2) is 7.02. The number of amides is 1. The van der Waals surface area contributed by atoms with E-state index in [0.717, 1.165) is 0 Å². The summed E-state index contributed by atoms with van der Waals surface area (Å²) >= 11 is 0. The van der Waals surface area contributed by atoms with Crippen LogP contribution in [0.4, 0.5) is 26.8 Å². The van der Waals surface area contributed by atoms with Crippen molar-refractivity contribution in [2.75, 3.05) is 0 Å². The van der Waals surface area contributed by atoms with Gasteiger partial charge in [-0.15, -0.1) is 5.12 Å². The van der Waals surface area contributed by atoms with Crippen molar-refractivity contribution in [2.24, 2.45) is 0 Å². The van der Waals surface area contributed by atoms with Crippen molar-refractivity contribution in [1.29, 1.82) is 0 Å². The van der Waals surface area contributed by atoms with Gasteiger partial charge in [-0.2, -0.15) is 0 Å². The van der Waals surface area contributed by atoms with Crippen LogP contribution in [-0.2, 0) is 16.0 Å². The predicted octanol–water partition coefficient (Wildman–Crippen LogP) is 3.36. The molecule has 1 atom stereocenters. The molecule has 0 radical (unpaired) electrons. The molecule has 0 aliphatic heterocycles. The largest absolute Gasteiger partial charge is 0.480 e. The van der Waals surface area contributed by atoms with Crippen molar-refractivity contribution in [3.05, 3.63) is 34.9 Å². The fourth-order valence-electron chi connectivity index (χ4n) is 1.68. The minimum atomic E-state index is -2.33. The zero-order valence-electron chi connectivity index (χ0n) is 12.9. The topological polar surface area (TPSA) is 66.8 Å². The number of hydrogen-bond acceptors (Lipinski definition) is 3. The maximum absolute atomic E-state index is 13.9. The Hall–Kier alpha value is -2.39. The maximum atomic E-state index is 13.9. The summed E-state index contributed by atoms with van der Waals surface area (Å²) in [6, 6.07) is -2.15. The number of hydrogen-bond donors (Lipinski definition) is 1. The minimum absolute atomic E-state index is 0.187. The number of halogens is 5. The van der Waals surface area contributed by atoms with Crippen molar-refractivity contribution in [2.45, 2.75) is 38.8 Å². The number of rotatable bonds is 4. The Bertz CT molecular complexity index is 660. The third-order valence-electron chi connectivity index (χ3n) is 2.72. The molecule has 5 nitrogen and oxygen atoms in total. The maximum Gasteiger partial charge on any atom is 0.439 e. The van der Waals surface area contributed by atoms with Gasteiger partial charge in [0.1, 0.15) is 5.60 Å². The van der Waals surface area contributed by atoms with Crippen LogP contribution in [0.1, 0.15) is 26.3 Å². The molecule has 134 valence electrons. The van der Waals surface area contributed by atoms with Gasteiger partial charge in [-0.3, -0.25) is 0 Å². The average Bonchev–Trinajstić information content (AvgIpc) is 2.44. The van der Waals surface area contributed by atoms with Crippen LogP contribution in [-0.4, -0.2) is 33.9 Å². The molecule has 0 fully saturated rings. The van der Waals surface area contributed by atoms with Crippen molar-refractivity contribution in [3.63, 3.8) is 0 Å². The van der Waals surface area contributed by atoms with Gasteiger partial charge < -0.3 is 9.84 Å². The van der Waals surface area contributed by atoms with Crippen molar-refractivity contribution in [1.82, 2.24) is 5.12 Å². The molecule has 0 heterocycles. The van der Waals surface area contributed by atoms with E-state index in [1.54, 1.807) is 0 Å². The zero-order valence-corrected chi connectivity index (χ0v) is 12.9. The molecule has 0 spiro atoms. The highest BCUT2D eigenvalue weighted by Crippen LogP contribution is 2.22. The number of carbonyl (C=O) groups is 2. The van der Waals surface area contributed by atoms with E-state index in [9.17, 15) is 31.6 Å². The molecule has 1 aromatic carbocycles. The summed E-state index contributed by atoms with van der Waals surface area (Å²) in [6.45, 7) is 4.16. The van der Waals surface area contributed by atoms with E-state index in [0.29, 0.717) is 0 Å². The molecule has 24 heavy (non-hydrogen) atoms. The summed E-state index contributed by atoms with van der Waals surface area (Å²) in [5.41, 5.74) is -2.10. The summed E-state index contributed by atoms with van der Waals surface area (Å²) in [6.07, 6.45) is -2.83. The lowest BCUT2D eigenvalue weighted by molar-refractivity contribution is -0.150. The predicted molar refractivity (Wildman–Crippen MR) is 70.6 cm³/mol. The molecule has 0 aliphatic rings. The van der Waals surface area contributed by atoms with Crippen LogP contribution >= 0.6 is 0 Å². The first kappa shape index (κ1) is 19.7. The Labute approximate surface area is 133 Å². The Morgan fingerprint density at radius 1 is 1.17 bits per heavy atom. The van der Waals surface area contributed by atoms with Crippen molar-refractivity contribution in [3.8, 4) is 0 Å². The molecule has 1 rings (SSSR count). The van der Waals surface area contributed by atoms with Gasteiger partial charge in [0.2, 0.25) is 0 Å². The van der Waals surface area contributed by atoms with Crippen molar-refractivity contribution < 1.29 is 41.5 Å². The standard InChI is InChI=1S/C14H14F5NO4/c1-14(2,3)24-13(23)20(19)8(12(21)22)5-6-4-7(15)10(17)11(18)9(6)16/h4,8H,5H2,1-3H3,(H,21,22)/t8-/m0/s1. The van der Waals surface area contributed by atoms with Crippen LogP contribution in [0.2, 0.25) is 0 Å². The summed E-state index contributed by atoms with van der Waals surface area (Å²) in [5.74, 6) is -9.84. The molecule has 1 N–H and O–H groups in total. The molecule has 0 aromatic heterocycles. The summed E-state index contributed by atoms with van der Waals surface area (Å²) < 4.78 is 71.3. The summed E-state index contributed by atoms with van der Waals surface area (Å²) in [7, 11) is 0. The molecule has 0 bridgehead atoms. The van der Waals surface area contributed by atoms with E-state index in [2.05, 4.69) is 4.74 Å². The lowest BCUT2D eigenvalue weighted by atomic mass is 10.0. The van der Waals surface area contributed by atoms with E-state index in [1.165, 1.54) is 20.8 Å². The van der Waals surface area contributed by atoms with Crippen LogP contribution in [0.15, 0.2) is 6.07 Å². The number of benzene rings is 1. The average molecular weight is 355 g/mol. The number of nitrogens with zero attached hydrogens (tertiary/aromatic N) is 1. The lowest BCUT2D eigenvalue weighted by Crippen LogP contribution is -2.43. The number of carbonyl (C=O) groups excluding carboxylic acids is 1. The van der Waals surface area contributed by atoms with Gasteiger partial charge in [0, 0.05) is 6.42 Å². The van der Waals surface area contributed by atoms with Gasteiger partial charge in [0.15, 0.2) is 29.3 Å². The van der Waals surface area contributed by atoms with E-state index < -0.39 is 64.1 Å². The van der Waals surface area contributed by atoms with E-state index >= 15 is 0 Å². The molecule has 1 aromatic rings. The van der Waals surface area contributed by atoms with Gasteiger partial charge in [0.05, 0.1) is 0 Å². The quantitative estimate of drug-likeness (QED) is 0.389. The SMILES string of the molecule is CC(C)(C)OC(=O)N(F)[C@@H](Cc1cc(F)c(F)c(F)c1F)C(=O)O. The molecule has 10 heteroatoms. The minimum Gasteiger partial charge on any atom is -0.480 e. The van der Waals surface area contributed by atoms with Gasteiger partial charge in [-0.25, -0.2) is 27.2 Å². The molecular formula is C14H14F5NO4. The highest BCUT2D eigenvalue weighted by molar-refractivity contribution is 5.79. The monoisotopic (exact) mass is 355 g/mol. The first-order valence-corrected chi connectivity index (χ1v) is 6.57. The Morgan fingerprint density at radius 3 is 2.17 bits per heavy atom. The molecule has 0 unspecified atom stereocenters. The van der Waals surface area contributed by atoms with Gasteiger partial charge in [-0.05, 0) is 32.4 Å². The van der Waals surface area contributed by atoms with E-state index in [1.807, 2.05) is 0 Å². The van der Waals surface area contributed by atoms with Crippen LogP contribution in [0.5, 0.6) is 0 Å². The van der Waals surface area contributed by atoms with Crippen LogP contribution in [0, 0.1) is 23.3 Å². The molecule has 0 saturated heterocycles.